The summed E-state index contributed by atoms with van der Waals surface area (Å²) in [6, 6.07) is 3.69. The Labute approximate surface area is 131 Å². The third-order valence-electron chi connectivity index (χ3n) is 3.80. The van der Waals surface area contributed by atoms with Gasteiger partial charge in [0.25, 0.3) is 0 Å². The highest BCUT2D eigenvalue weighted by molar-refractivity contribution is 5.92. The summed E-state index contributed by atoms with van der Waals surface area (Å²) in [4.78, 5) is 26.0. The first kappa shape index (κ1) is 16.3. The van der Waals surface area contributed by atoms with E-state index in [-0.39, 0.29) is 17.7 Å². The monoisotopic (exact) mass is 304 g/mol. The van der Waals surface area contributed by atoms with E-state index in [1.165, 1.54) is 6.08 Å². The zero-order valence-corrected chi connectivity index (χ0v) is 13.3. The molecule has 2 rings (SSSR count). The molecule has 1 fully saturated rings. The molecule has 1 N–H and O–H groups in total. The van der Waals surface area contributed by atoms with Gasteiger partial charge in [-0.15, -0.1) is 0 Å². The standard InChI is InChI=1S/C17H24N2O3/c1-3-10-18-17(21)14-5-4-11-19(12-14)16(20)9-8-15-7-6-13(2)22-15/h6-9,14H,3-5,10-12H2,1-2H3,(H,18,21)/b9-8-/t14-/m0/s1. The second kappa shape index (κ2) is 7.82. The molecule has 2 heterocycles. The van der Waals surface area contributed by atoms with E-state index in [9.17, 15) is 9.59 Å². The summed E-state index contributed by atoms with van der Waals surface area (Å²) in [6.45, 7) is 5.79. The Bertz CT molecular complexity index is 548. The SMILES string of the molecule is CCCNC(=O)[C@H]1CCCN(C(=O)/C=C\c2ccc(C)o2)C1. The van der Waals surface area contributed by atoms with Crippen molar-refractivity contribution in [1.29, 1.82) is 0 Å². The number of rotatable bonds is 5. The molecule has 1 aromatic rings. The van der Waals surface area contributed by atoms with Gasteiger partial charge in [-0.2, -0.15) is 0 Å². The van der Waals surface area contributed by atoms with E-state index in [0.29, 0.717) is 25.4 Å². The van der Waals surface area contributed by atoms with Gasteiger partial charge in [-0.25, -0.2) is 0 Å². The van der Waals surface area contributed by atoms with Crippen LogP contribution in [0, 0.1) is 12.8 Å². The third-order valence-corrected chi connectivity index (χ3v) is 3.80. The van der Waals surface area contributed by atoms with Crippen LogP contribution in [0.3, 0.4) is 0 Å². The van der Waals surface area contributed by atoms with Crippen molar-refractivity contribution in [3.63, 3.8) is 0 Å². The molecule has 0 radical (unpaired) electrons. The molecule has 1 saturated heterocycles. The normalized spacial score (nSPS) is 18.6. The first-order valence-electron chi connectivity index (χ1n) is 7.91. The number of amides is 2. The van der Waals surface area contributed by atoms with Crippen LogP contribution in [0.2, 0.25) is 0 Å². The molecule has 2 amide bonds. The molecule has 1 aliphatic heterocycles. The van der Waals surface area contributed by atoms with Crippen LogP contribution in [0.4, 0.5) is 0 Å². The Kier molecular flexibility index (Phi) is 5.81. The Morgan fingerprint density at radius 1 is 1.45 bits per heavy atom. The Morgan fingerprint density at radius 3 is 2.95 bits per heavy atom. The molecule has 0 spiro atoms. The molecular formula is C17H24N2O3. The maximum absolute atomic E-state index is 12.2. The van der Waals surface area contributed by atoms with Gasteiger partial charge in [0.05, 0.1) is 5.92 Å². The highest BCUT2D eigenvalue weighted by atomic mass is 16.3. The summed E-state index contributed by atoms with van der Waals surface area (Å²) < 4.78 is 5.40. The van der Waals surface area contributed by atoms with Gasteiger partial charge in [-0.3, -0.25) is 9.59 Å². The minimum absolute atomic E-state index is 0.0602. The van der Waals surface area contributed by atoms with Gasteiger partial charge in [0.15, 0.2) is 0 Å². The van der Waals surface area contributed by atoms with Crippen molar-refractivity contribution >= 4 is 17.9 Å². The lowest BCUT2D eigenvalue weighted by molar-refractivity contribution is -0.132. The van der Waals surface area contributed by atoms with Crippen LogP contribution in [0.1, 0.15) is 37.7 Å². The van der Waals surface area contributed by atoms with Gasteiger partial charge in [0, 0.05) is 25.7 Å². The molecule has 1 atom stereocenters. The van der Waals surface area contributed by atoms with Crippen LogP contribution in [-0.2, 0) is 9.59 Å². The van der Waals surface area contributed by atoms with Gasteiger partial charge in [-0.1, -0.05) is 6.92 Å². The molecule has 0 aromatic carbocycles. The largest absolute Gasteiger partial charge is 0.462 e. The van der Waals surface area contributed by atoms with Crippen LogP contribution in [0.5, 0.6) is 0 Å². The maximum Gasteiger partial charge on any atom is 0.246 e. The molecule has 120 valence electrons. The molecule has 22 heavy (non-hydrogen) atoms. The van der Waals surface area contributed by atoms with Crippen molar-refractivity contribution in [3.05, 3.63) is 29.7 Å². The van der Waals surface area contributed by atoms with Gasteiger partial charge < -0.3 is 14.6 Å². The number of furan rings is 1. The fraction of sp³-hybridized carbons (Fsp3) is 0.529. The van der Waals surface area contributed by atoms with E-state index in [0.717, 1.165) is 25.0 Å². The number of aryl methyl sites for hydroxylation is 1. The number of carbonyl (C=O) groups excluding carboxylic acids is 2. The van der Waals surface area contributed by atoms with Crippen LogP contribution in [0.15, 0.2) is 22.6 Å². The minimum atomic E-state index is -0.0940. The van der Waals surface area contributed by atoms with Crippen molar-refractivity contribution in [2.75, 3.05) is 19.6 Å². The van der Waals surface area contributed by atoms with Crippen molar-refractivity contribution < 1.29 is 14.0 Å². The quantitative estimate of drug-likeness (QED) is 0.849. The fourth-order valence-electron chi connectivity index (χ4n) is 2.59. The number of hydrogen-bond acceptors (Lipinski definition) is 3. The number of hydrogen-bond donors (Lipinski definition) is 1. The summed E-state index contributed by atoms with van der Waals surface area (Å²) in [5.41, 5.74) is 0. The summed E-state index contributed by atoms with van der Waals surface area (Å²) in [5.74, 6) is 1.38. The van der Waals surface area contributed by atoms with Gasteiger partial charge in [0.1, 0.15) is 11.5 Å². The van der Waals surface area contributed by atoms with Crippen LogP contribution < -0.4 is 5.32 Å². The predicted molar refractivity (Wildman–Crippen MR) is 85.1 cm³/mol. The van der Waals surface area contributed by atoms with Crippen molar-refractivity contribution in [2.45, 2.75) is 33.1 Å². The first-order chi connectivity index (χ1) is 10.6. The summed E-state index contributed by atoms with van der Waals surface area (Å²) in [7, 11) is 0. The molecular weight excluding hydrogens is 280 g/mol. The molecule has 1 aromatic heterocycles. The average Bonchev–Trinajstić information content (AvgIpc) is 2.96. The van der Waals surface area contributed by atoms with E-state index in [1.54, 1.807) is 11.0 Å². The van der Waals surface area contributed by atoms with Crippen LogP contribution in [-0.4, -0.2) is 36.3 Å². The number of nitrogens with zero attached hydrogens (tertiary/aromatic N) is 1. The second-order valence-electron chi connectivity index (χ2n) is 5.70. The fourth-order valence-corrected chi connectivity index (χ4v) is 2.59. The number of piperidine rings is 1. The Hall–Kier alpha value is -2.04. The lowest BCUT2D eigenvalue weighted by Crippen LogP contribution is -2.45. The number of nitrogens with one attached hydrogen (secondary N) is 1. The highest BCUT2D eigenvalue weighted by Gasteiger charge is 2.27. The zero-order valence-electron chi connectivity index (χ0n) is 13.3. The van der Waals surface area contributed by atoms with Gasteiger partial charge in [-0.05, 0) is 44.4 Å². The van der Waals surface area contributed by atoms with E-state index in [1.807, 2.05) is 26.0 Å². The zero-order chi connectivity index (χ0) is 15.9. The summed E-state index contributed by atoms with van der Waals surface area (Å²) >= 11 is 0. The molecule has 1 aliphatic rings. The van der Waals surface area contributed by atoms with Crippen LogP contribution >= 0.6 is 0 Å². The first-order valence-corrected chi connectivity index (χ1v) is 7.91. The van der Waals surface area contributed by atoms with E-state index < -0.39 is 0 Å². The molecule has 0 aliphatic carbocycles. The minimum Gasteiger partial charge on any atom is -0.462 e. The smallest absolute Gasteiger partial charge is 0.246 e. The molecule has 0 bridgehead atoms. The Morgan fingerprint density at radius 2 is 2.27 bits per heavy atom. The van der Waals surface area contributed by atoms with Crippen molar-refractivity contribution in [2.24, 2.45) is 5.92 Å². The predicted octanol–water partition coefficient (Wildman–Crippen LogP) is 2.37. The topological polar surface area (TPSA) is 62.6 Å². The number of likely N-dealkylation sites (tertiary alicyclic amines) is 1. The van der Waals surface area contributed by atoms with E-state index in [2.05, 4.69) is 5.32 Å². The van der Waals surface area contributed by atoms with E-state index in [4.69, 9.17) is 4.42 Å². The van der Waals surface area contributed by atoms with Crippen molar-refractivity contribution in [1.82, 2.24) is 10.2 Å². The highest BCUT2D eigenvalue weighted by Crippen LogP contribution is 2.17. The second-order valence-corrected chi connectivity index (χ2v) is 5.70. The summed E-state index contributed by atoms with van der Waals surface area (Å²) in [5, 5.41) is 2.91. The molecule has 5 heteroatoms. The number of carbonyl (C=O) groups is 2. The van der Waals surface area contributed by atoms with E-state index >= 15 is 0 Å². The lowest BCUT2D eigenvalue weighted by Gasteiger charge is -2.31. The van der Waals surface area contributed by atoms with Crippen LogP contribution in [0.25, 0.3) is 6.08 Å². The molecule has 5 nitrogen and oxygen atoms in total. The summed E-state index contributed by atoms with van der Waals surface area (Å²) in [6.07, 6.45) is 5.83. The molecule has 0 unspecified atom stereocenters. The molecule has 0 saturated carbocycles. The van der Waals surface area contributed by atoms with Gasteiger partial charge >= 0.3 is 0 Å². The Balaban J connectivity index is 1.89. The van der Waals surface area contributed by atoms with Crippen molar-refractivity contribution in [3.8, 4) is 0 Å². The maximum atomic E-state index is 12.2. The third kappa shape index (κ3) is 4.48. The van der Waals surface area contributed by atoms with Gasteiger partial charge in [0.2, 0.25) is 11.8 Å². The lowest BCUT2D eigenvalue weighted by atomic mass is 9.97. The average molecular weight is 304 g/mol.